The number of likely N-dealkylation sites (N-methyl/N-ethyl adjacent to an activating group) is 1. The smallest absolute Gasteiger partial charge is 0.341 e. The number of aryl methyl sites for hydroxylation is 1. The lowest BCUT2D eigenvalue weighted by molar-refractivity contribution is -0.138. The Morgan fingerprint density at radius 2 is 1.87 bits per heavy atom. The Hall–Kier alpha value is -2.98. The minimum absolute atomic E-state index is 0.0527. The van der Waals surface area contributed by atoms with Gasteiger partial charge < -0.3 is 14.4 Å². The molecule has 7 heteroatoms. The number of nitrogens with zero attached hydrogens (tertiary/aromatic N) is 3. The quantitative estimate of drug-likeness (QED) is 0.678. The molecule has 0 radical (unpaired) electrons. The Bertz CT molecular complexity index is 1100. The number of alkyl halides is 3. The minimum Gasteiger partial charge on any atom is -0.341 e. The van der Waals surface area contributed by atoms with E-state index in [0.717, 1.165) is 5.56 Å². The van der Waals surface area contributed by atoms with Gasteiger partial charge in [-0.1, -0.05) is 41.8 Å². The Morgan fingerprint density at radius 1 is 1.13 bits per heavy atom. The molecule has 1 aromatic heterocycles. The summed E-state index contributed by atoms with van der Waals surface area (Å²) in [5, 5.41) is 0. The molecule has 0 saturated heterocycles. The molecule has 0 spiro atoms. The van der Waals surface area contributed by atoms with Gasteiger partial charge in [0.25, 0.3) is 0 Å². The average Bonchev–Trinajstić information content (AvgIpc) is 2.90. The minimum atomic E-state index is -4.47. The molecule has 0 atom stereocenters. The van der Waals surface area contributed by atoms with Crippen molar-refractivity contribution >= 4 is 17.6 Å². The first-order chi connectivity index (χ1) is 14.8. The van der Waals surface area contributed by atoms with Crippen LogP contribution in [0.2, 0.25) is 0 Å². The first-order valence-corrected chi connectivity index (χ1v) is 10.3. The number of aromatic nitrogens is 1. The summed E-state index contributed by atoms with van der Waals surface area (Å²) in [5.41, 5.74) is 7.65. The van der Waals surface area contributed by atoms with Gasteiger partial charge in [0.05, 0.1) is 24.3 Å². The number of rotatable bonds is 5. The van der Waals surface area contributed by atoms with Crippen molar-refractivity contribution in [1.82, 2.24) is 14.4 Å². The van der Waals surface area contributed by atoms with Gasteiger partial charge in [-0.2, -0.15) is 13.2 Å². The van der Waals surface area contributed by atoms with Crippen LogP contribution in [-0.2, 0) is 30.4 Å². The number of hydrogen-bond donors (Lipinski definition) is 0. The van der Waals surface area contributed by atoms with E-state index < -0.39 is 11.7 Å². The number of benzene rings is 1. The maximum Gasteiger partial charge on any atom is 0.418 e. The average molecular weight is 427 g/mol. The van der Waals surface area contributed by atoms with Gasteiger partial charge in [0.1, 0.15) is 0 Å². The molecular weight excluding hydrogens is 403 g/mol. The van der Waals surface area contributed by atoms with Crippen LogP contribution in [0.15, 0.2) is 41.8 Å². The second-order valence-electron chi connectivity index (χ2n) is 8.16. The van der Waals surface area contributed by atoms with Crippen LogP contribution in [0, 0.1) is 0 Å². The molecule has 2 aliphatic rings. The van der Waals surface area contributed by atoms with Gasteiger partial charge in [-0.25, -0.2) is 0 Å². The van der Waals surface area contributed by atoms with Crippen molar-refractivity contribution in [2.24, 2.45) is 0 Å². The molecule has 0 saturated carbocycles. The molecule has 4 nitrogen and oxygen atoms in total. The summed E-state index contributed by atoms with van der Waals surface area (Å²) in [6.07, 6.45) is -2.33. The Labute approximate surface area is 179 Å². The van der Waals surface area contributed by atoms with Crippen molar-refractivity contribution in [1.29, 1.82) is 0 Å². The Balaban J connectivity index is 1.75. The highest BCUT2D eigenvalue weighted by atomic mass is 19.4. The van der Waals surface area contributed by atoms with E-state index in [4.69, 9.17) is 0 Å². The summed E-state index contributed by atoms with van der Waals surface area (Å²) in [6, 6.07) is 9.52. The Kier molecular flexibility index (Phi) is 5.67. The molecule has 31 heavy (non-hydrogen) atoms. The van der Waals surface area contributed by atoms with Crippen LogP contribution >= 0.6 is 0 Å². The molecule has 0 N–H and O–H groups in total. The summed E-state index contributed by atoms with van der Waals surface area (Å²) in [4.78, 5) is 16.1. The second-order valence-corrected chi connectivity index (χ2v) is 8.16. The molecule has 1 amide bonds. The third-order valence-corrected chi connectivity index (χ3v) is 5.66. The summed E-state index contributed by atoms with van der Waals surface area (Å²) in [6.45, 7) is 1.17. The van der Waals surface area contributed by atoms with Gasteiger partial charge in [0.2, 0.25) is 5.91 Å². The highest BCUT2D eigenvalue weighted by Crippen LogP contribution is 2.42. The zero-order chi connectivity index (χ0) is 22.2. The fraction of sp³-hybridized carbons (Fsp3) is 0.375. The van der Waals surface area contributed by atoms with Crippen LogP contribution in [0.5, 0.6) is 0 Å². The van der Waals surface area contributed by atoms with Crippen LogP contribution in [-0.4, -0.2) is 54.0 Å². The van der Waals surface area contributed by atoms with E-state index in [2.05, 4.69) is 11.5 Å². The third-order valence-electron chi connectivity index (χ3n) is 5.66. The lowest BCUT2D eigenvalue weighted by atomic mass is 9.99. The molecule has 162 valence electrons. The predicted molar refractivity (Wildman–Crippen MR) is 113 cm³/mol. The summed E-state index contributed by atoms with van der Waals surface area (Å²) in [5.74, 6) is -0.0527. The lowest BCUT2D eigenvalue weighted by Gasteiger charge is -2.23. The fourth-order valence-corrected chi connectivity index (χ4v) is 4.33. The zero-order valence-corrected chi connectivity index (χ0v) is 17.6. The third kappa shape index (κ3) is 4.26. The van der Waals surface area contributed by atoms with E-state index in [1.54, 1.807) is 14.4 Å². The zero-order valence-electron chi connectivity index (χ0n) is 17.6. The molecule has 1 aliphatic carbocycles. The number of carbonyl (C=O) groups is 1. The predicted octanol–water partition coefficient (Wildman–Crippen LogP) is 3.86. The Morgan fingerprint density at radius 3 is 2.55 bits per heavy atom. The first kappa shape index (κ1) is 21.3. The second kappa shape index (κ2) is 8.27. The van der Waals surface area contributed by atoms with Gasteiger partial charge in [-0.15, -0.1) is 0 Å². The highest BCUT2D eigenvalue weighted by Gasteiger charge is 2.42. The topological polar surface area (TPSA) is 28.5 Å². The van der Waals surface area contributed by atoms with Crippen LogP contribution in [0.3, 0.4) is 0 Å². The number of amides is 1. The fourth-order valence-electron chi connectivity index (χ4n) is 4.33. The summed E-state index contributed by atoms with van der Waals surface area (Å²) in [7, 11) is 3.63. The maximum atomic E-state index is 14.1. The van der Waals surface area contributed by atoms with Crippen LogP contribution < -0.4 is 0 Å². The maximum absolute atomic E-state index is 14.1. The van der Waals surface area contributed by atoms with Crippen LogP contribution in [0.1, 0.15) is 28.1 Å². The number of carbonyl (C=O) groups excluding carboxylic acids is 1. The summed E-state index contributed by atoms with van der Waals surface area (Å²) < 4.78 is 44.2. The monoisotopic (exact) mass is 427 g/mol. The largest absolute Gasteiger partial charge is 0.418 e. The lowest BCUT2D eigenvalue weighted by Crippen LogP contribution is -2.39. The van der Waals surface area contributed by atoms with E-state index in [1.165, 1.54) is 6.08 Å². The van der Waals surface area contributed by atoms with Crippen molar-refractivity contribution in [3.8, 4) is 0 Å². The molecule has 0 unspecified atom stereocenters. The van der Waals surface area contributed by atoms with Crippen molar-refractivity contribution in [3.63, 3.8) is 0 Å². The molecule has 0 fully saturated rings. The molecular formula is C24H24F3N3O. The standard InChI is InChI=1S/C24H24F3N3O/c1-28(2)16-21(31)29-13-14-30-20(12-11-17-7-4-3-5-8-17)22(24(25,26)27)19-10-6-9-18(15-29)23(19)30/h3-5,7-8,10H,11-16H2,1-2H3. The molecule has 2 aromatic rings. The van der Waals surface area contributed by atoms with Gasteiger partial charge in [-0.3, -0.25) is 4.79 Å². The van der Waals surface area contributed by atoms with E-state index >= 15 is 0 Å². The molecule has 2 heterocycles. The number of halogens is 3. The van der Waals surface area contributed by atoms with Crippen LogP contribution in [0.25, 0.3) is 11.6 Å². The van der Waals surface area contributed by atoms with E-state index in [-0.39, 0.29) is 36.7 Å². The molecule has 4 rings (SSSR count). The normalized spacial score (nSPS) is 15.2. The van der Waals surface area contributed by atoms with Gasteiger partial charge in [0, 0.05) is 29.9 Å². The van der Waals surface area contributed by atoms with Gasteiger partial charge >= 0.3 is 6.18 Å². The van der Waals surface area contributed by atoms with E-state index in [9.17, 15) is 18.0 Å². The molecule has 1 aliphatic heterocycles. The first-order valence-electron chi connectivity index (χ1n) is 10.3. The molecule has 1 aromatic carbocycles. The van der Waals surface area contributed by atoms with E-state index in [1.807, 2.05) is 44.4 Å². The molecule has 0 bridgehead atoms. The van der Waals surface area contributed by atoms with Gasteiger partial charge in [-0.05, 0) is 38.6 Å². The van der Waals surface area contributed by atoms with Crippen molar-refractivity contribution < 1.29 is 18.0 Å². The van der Waals surface area contributed by atoms with E-state index in [0.29, 0.717) is 30.8 Å². The van der Waals surface area contributed by atoms with Crippen molar-refractivity contribution in [2.45, 2.75) is 25.6 Å². The highest BCUT2D eigenvalue weighted by molar-refractivity contribution is 5.84. The van der Waals surface area contributed by atoms with Crippen LogP contribution in [0.4, 0.5) is 13.2 Å². The number of hydrogen-bond acceptors (Lipinski definition) is 2. The SMILES string of the molecule is CN(C)CC(=O)N1CCn2c(CCc3ccccc3)c(C(F)(F)F)c3c2C(=C=C=C3)C1. The summed E-state index contributed by atoms with van der Waals surface area (Å²) >= 11 is 0. The van der Waals surface area contributed by atoms with Crippen molar-refractivity contribution in [2.75, 3.05) is 33.7 Å². The van der Waals surface area contributed by atoms with Gasteiger partial charge in [0.15, 0.2) is 0 Å². The van der Waals surface area contributed by atoms with Crippen molar-refractivity contribution in [3.05, 3.63) is 69.9 Å².